The Morgan fingerprint density at radius 3 is 2.29 bits per heavy atom. The molecule has 1 N–H and O–H groups in total. The number of benzene rings is 3. The quantitative estimate of drug-likeness (QED) is 0.382. The first-order chi connectivity index (χ1) is 16.6. The van der Waals surface area contributed by atoms with Gasteiger partial charge in [0.15, 0.2) is 0 Å². The topological polar surface area (TPSA) is 82.4 Å². The third kappa shape index (κ3) is 5.13. The van der Waals surface area contributed by atoms with Gasteiger partial charge in [-0.05, 0) is 55.3 Å². The van der Waals surface area contributed by atoms with E-state index >= 15 is 0 Å². The third-order valence-electron chi connectivity index (χ3n) is 5.21. The van der Waals surface area contributed by atoms with E-state index in [0.29, 0.717) is 35.2 Å². The maximum absolute atomic E-state index is 13.4. The van der Waals surface area contributed by atoms with E-state index in [2.05, 4.69) is 5.32 Å². The number of carbonyl (C=O) groups excluding carboxylic acids is 2. The summed E-state index contributed by atoms with van der Waals surface area (Å²) in [5.74, 6) is -0.0322. The number of nitriles is 1. The van der Waals surface area contributed by atoms with Gasteiger partial charge in [-0.25, -0.2) is 0 Å². The van der Waals surface area contributed by atoms with E-state index in [0.717, 1.165) is 5.56 Å². The Morgan fingerprint density at radius 2 is 1.68 bits per heavy atom. The molecular formula is C27H23N3O3S. The Labute approximate surface area is 202 Å². The third-order valence-corrected chi connectivity index (χ3v) is 6.47. The molecule has 0 spiro atoms. The zero-order valence-electron chi connectivity index (χ0n) is 18.6. The lowest BCUT2D eigenvalue weighted by Gasteiger charge is -2.18. The van der Waals surface area contributed by atoms with Crippen LogP contribution in [0.25, 0.3) is 0 Å². The highest BCUT2D eigenvalue weighted by Crippen LogP contribution is 2.42. The molecule has 170 valence electrons. The summed E-state index contributed by atoms with van der Waals surface area (Å²) in [5.41, 5.74) is 2.06. The molecule has 0 saturated carbocycles. The van der Waals surface area contributed by atoms with E-state index in [1.54, 1.807) is 36.4 Å². The van der Waals surface area contributed by atoms with Gasteiger partial charge in [-0.2, -0.15) is 5.26 Å². The second kappa shape index (κ2) is 10.7. The summed E-state index contributed by atoms with van der Waals surface area (Å²) in [6.45, 7) is 2.44. The molecule has 4 rings (SSSR count). The summed E-state index contributed by atoms with van der Waals surface area (Å²) < 4.78 is 5.43. The van der Waals surface area contributed by atoms with Crippen molar-refractivity contribution in [1.82, 2.24) is 0 Å². The largest absolute Gasteiger partial charge is 0.494 e. The van der Waals surface area contributed by atoms with Crippen LogP contribution in [0.5, 0.6) is 5.75 Å². The molecule has 1 fully saturated rings. The first kappa shape index (κ1) is 23.1. The van der Waals surface area contributed by atoms with Gasteiger partial charge >= 0.3 is 0 Å². The highest BCUT2D eigenvalue weighted by Gasteiger charge is 2.40. The lowest BCUT2D eigenvalue weighted by Crippen LogP contribution is -2.30. The van der Waals surface area contributed by atoms with Crippen molar-refractivity contribution < 1.29 is 14.3 Å². The molecule has 1 aliphatic heterocycles. The first-order valence-electron chi connectivity index (χ1n) is 10.9. The van der Waals surface area contributed by atoms with Gasteiger partial charge in [0.25, 0.3) is 5.91 Å². The molecule has 7 heteroatoms. The van der Waals surface area contributed by atoms with Crippen molar-refractivity contribution in [3.8, 4) is 11.8 Å². The second-order valence-corrected chi connectivity index (χ2v) is 8.70. The monoisotopic (exact) mass is 469 g/mol. The van der Waals surface area contributed by atoms with E-state index in [1.807, 2.05) is 61.5 Å². The van der Waals surface area contributed by atoms with Gasteiger partial charge < -0.3 is 10.1 Å². The Morgan fingerprint density at radius 1 is 1.03 bits per heavy atom. The van der Waals surface area contributed by atoms with Crippen molar-refractivity contribution in [2.75, 3.05) is 16.8 Å². The van der Waals surface area contributed by atoms with Gasteiger partial charge in [0.05, 0.1) is 11.9 Å². The van der Waals surface area contributed by atoms with Crippen molar-refractivity contribution in [1.29, 1.82) is 5.26 Å². The molecular weight excluding hydrogens is 446 g/mol. The van der Waals surface area contributed by atoms with Crippen LogP contribution < -0.4 is 15.0 Å². The van der Waals surface area contributed by atoms with Crippen LogP contribution in [0.15, 0.2) is 95.5 Å². The molecule has 1 saturated heterocycles. The van der Waals surface area contributed by atoms with Crippen LogP contribution in [0.1, 0.15) is 12.5 Å². The van der Waals surface area contributed by atoms with E-state index in [4.69, 9.17) is 4.74 Å². The number of hydrogen-bond donors (Lipinski definition) is 1. The average Bonchev–Trinajstić information content (AvgIpc) is 3.17. The van der Waals surface area contributed by atoms with E-state index < -0.39 is 11.2 Å². The summed E-state index contributed by atoms with van der Waals surface area (Å²) in [7, 11) is 0. The summed E-state index contributed by atoms with van der Waals surface area (Å²) in [4.78, 5) is 28.0. The van der Waals surface area contributed by atoms with Gasteiger partial charge in [-0.1, -0.05) is 60.3 Å². The molecule has 0 aliphatic carbocycles. The fraction of sp³-hybridized carbons (Fsp3) is 0.148. The summed E-state index contributed by atoms with van der Waals surface area (Å²) in [5, 5.41) is 12.6. The fourth-order valence-electron chi connectivity index (χ4n) is 3.62. The molecule has 3 aromatic rings. The lowest BCUT2D eigenvalue weighted by molar-refractivity contribution is -0.117. The number of nitrogens with one attached hydrogen (secondary N) is 1. The molecule has 6 nitrogen and oxygen atoms in total. The average molecular weight is 470 g/mol. The predicted octanol–water partition coefficient (Wildman–Crippen LogP) is 5.15. The Balaban J connectivity index is 1.66. The molecule has 0 radical (unpaired) electrons. The first-order valence-corrected chi connectivity index (χ1v) is 11.8. The van der Waals surface area contributed by atoms with E-state index in [1.165, 1.54) is 16.7 Å². The van der Waals surface area contributed by atoms with Gasteiger partial charge in [-0.3, -0.25) is 14.5 Å². The van der Waals surface area contributed by atoms with Crippen molar-refractivity contribution in [3.63, 3.8) is 0 Å². The minimum absolute atomic E-state index is 0.105. The Kier molecular flexibility index (Phi) is 7.31. The van der Waals surface area contributed by atoms with Crippen LogP contribution in [0.4, 0.5) is 11.4 Å². The molecule has 0 bridgehead atoms. The highest BCUT2D eigenvalue weighted by atomic mass is 32.2. The lowest BCUT2D eigenvalue weighted by atomic mass is 10.1. The molecule has 3 aromatic carbocycles. The molecule has 34 heavy (non-hydrogen) atoms. The highest BCUT2D eigenvalue weighted by molar-refractivity contribution is 8.05. The predicted molar refractivity (Wildman–Crippen MR) is 134 cm³/mol. The minimum atomic E-state index is -0.566. The second-order valence-electron chi connectivity index (χ2n) is 7.51. The number of anilines is 2. The van der Waals surface area contributed by atoms with Gasteiger partial charge in [0.1, 0.15) is 22.4 Å². The standard InChI is InChI=1S/C27H23N3O3S/c1-2-33-22-15-13-20(14-16-22)29-25(31)23(18-28)27-30(21-11-7-4-8-12-21)26(32)24(34-27)17-19-9-5-3-6-10-19/h3-16,24H,2,17H2,1H3,(H,29,31)/b27-23+. The van der Waals surface area contributed by atoms with Crippen LogP contribution in [0, 0.1) is 11.3 Å². The maximum atomic E-state index is 13.4. The number of carbonyl (C=O) groups is 2. The van der Waals surface area contributed by atoms with E-state index in [-0.39, 0.29) is 11.5 Å². The minimum Gasteiger partial charge on any atom is -0.494 e. The van der Waals surface area contributed by atoms with E-state index in [9.17, 15) is 14.9 Å². The summed E-state index contributed by atoms with van der Waals surface area (Å²) in [6, 6.07) is 27.7. The van der Waals surface area contributed by atoms with Crippen molar-refractivity contribution in [2.24, 2.45) is 0 Å². The van der Waals surface area contributed by atoms with Crippen molar-refractivity contribution >= 4 is 35.0 Å². The SMILES string of the molecule is CCOc1ccc(NC(=O)/C(C#N)=C2/SC(Cc3ccccc3)C(=O)N2c2ccccc2)cc1. The number of nitrogens with zero attached hydrogens (tertiary/aromatic N) is 2. The normalized spacial score (nSPS) is 16.6. The van der Waals surface area contributed by atoms with Gasteiger partial charge in [-0.15, -0.1) is 0 Å². The molecule has 1 unspecified atom stereocenters. The van der Waals surface area contributed by atoms with Crippen LogP contribution in [-0.4, -0.2) is 23.7 Å². The van der Waals surface area contributed by atoms with Gasteiger partial charge in [0, 0.05) is 11.4 Å². The fourth-order valence-corrected chi connectivity index (χ4v) is 4.93. The van der Waals surface area contributed by atoms with Crippen molar-refractivity contribution in [2.45, 2.75) is 18.6 Å². The zero-order valence-corrected chi connectivity index (χ0v) is 19.4. The zero-order chi connectivity index (χ0) is 23.9. The Hall–Kier alpha value is -4.02. The molecule has 0 aromatic heterocycles. The van der Waals surface area contributed by atoms with Crippen molar-refractivity contribution in [3.05, 3.63) is 101 Å². The van der Waals surface area contributed by atoms with Crippen LogP contribution >= 0.6 is 11.8 Å². The number of thioether (sulfide) groups is 1. The smallest absolute Gasteiger partial charge is 0.269 e. The Bertz CT molecular complexity index is 1240. The number of ether oxygens (including phenoxy) is 1. The number of rotatable bonds is 7. The van der Waals surface area contributed by atoms with Crippen LogP contribution in [0.2, 0.25) is 0 Å². The molecule has 1 atom stereocenters. The number of amides is 2. The van der Waals surface area contributed by atoms with Gasteiger partial charge in [0.2, 0.25) is 5.91 Å². The molecule has 1 aliphatic rings. The van der Waals surface area contributed by atoms with Crippen LogP contribution in [-0.2, 0) is 16.0 Å². The summed E-state index contributed by atoms with van der Waals surface area (Å²) >= 11 is 1.25. The summed E-state index contributed by atoms with van der Waals surface area (Å²) in [6.07, 6.45) is 0.496. The maximum Gasteiger partial charge on any atom is 0.269 e. The molecule has 1 heterocycles. The molecule has 2 amide bonds. The van der Waals surface area contributed by atoms with Crippen LogP contribution in [0.3, 0.4) is 0 Å². The number of hydrogen-bond acceptors (Lipinski definition) is 5. The number of para-hydroxylation sites is 1.